The van der Waals surface area contributed by atoms with Crippen molar-refractivity contribution in [3.05, 3.63) is 24.3 Å². The van der Waals surface area contributed by atoms with Gasteiger partial charge in [-0.05, 0) is 31.9 Å². The van der Waals surface area contributed by atoms with Crippen molar-refractivity contribution >= 4 is 27.1 Å². The maximum absolute atomic E-state index is 12.2. The highest BCUT2D eigenvalue weighted by atomic mass is 32.2. The first-order chi connectivity index (χ1) is 9.90. The van der Waals surface area contributed by atoms with Crippen LogP contribution >= 0.6 is 0 Å². The highest BCUT2D eigenvalue weighted by Gasteiger charge is 2.32. The molecule has 6 nitrogen and oxygen atoms in total. The number of rotatable bonds is 5. The fraction of sp³-hybridized carbons (Fsp3) is 0.500. The van der Waals surface area contributed by atoms with Crippen LogP contribution in [0.2, 0.25) is 0 Å². The topological polar surface area (TPSA) is 98.5 Å². The molecule has 0 aliphatic carbocycles. The number of carbonyl (C=O) groups excluding carboxylic acids is 1. The van der Waals surface area contributed by atoms with Crippen molar-refractivity contribution in [1.82, 2.24) is 0 Å². The molecule has 2 unspecified atom stereocenters. The number of hydrogen-bond donors (Lipinski definition) is 2. The molecule has 1 amide bonds. The second-order valence-corrected chi connectivity index (χ2v) is 7.55. The molecule has 0 aromatic heterocycles. The van der Waals surface area contributed by atoms with Crippen LogP contribution in [-0.2, 0) is 19.4 Å². The van der Waals surface area contributed by atoms with Crippen LogP contribution in [0.5, 0.6) is 0 Å². The van der Waals surface area contributed by atoms with E-state index in [0.717, 1.165) is 12.8 Å². The Bertz CT molecular complexity index is 609. The third-order valence-electron chi connectivity index (χ3n) is 3.57. The fourth-order valence-electron chi connectivity index (χ4n) is 2.19. The predicted octanol–water partition coefficient (Wildman–Crippen LogP) is 1.19. The van der Waals surface area contributed by atoms with Crippen LogP contribution in [0.25, 0.3) is 0 Å². The fourth-order valence-corrected chi connectivity index (χ4v) is 3.64. The van der Waals surface area contributed by atoms with E-state index < -0.39 is 21.0 Å². The quantitative estimate of drug-likeness (QED) is 0.796. The summed E-state index contributed by atoms with van der Waals surface area (Å²) in [6.07, 6.45) is 1.28. The van der Waals surface area contributed by atoms with Crippen LogP contribution < -0.4 is 11.1 Å². The van der Waals surface area contributed by atoms with Crippen LogP contribution in [-0.4, -0.2) is 38.0 Å². The number of nitrogens with one attached hydrogen (secondary N) is 1. The van der Waals surface area contributed by atoms with E-state index in [4.69, 9.17) is 10.5 Å². The third-order valence-corrected chi connectivity index (χ3v) is 5.70. The summed E-state index contributed by atoms with van der Waals surface area (Å²) in [5, 5.41) is 1.42. The van der Waals surface area contributed by atoms with E-state index in [1.54, 1.807) is 24.3 Å². The molecule has 0 radical (unpaired) electrons. The van der Waals surface area contributed by atoms with Crippen LogP contribution in [0.3, 0.4) is 0 Å². The monoisotopic (exact) mass is 312 g/mol. The van der Waals surface area contributed by atoms with Crippen molar-refractivity contribution in [3.63, 3.8) is 0 Å². The first-order valence-electron chi connectivity index (χ1n) is 6.88. The molecule has 0 saturated carbocycles. The Morgan fingerprint density at radius 2 is 2.19 bits per heavy atom. The minimum atomic E-state index is -3.55. The molecule has 1 aliphatic rings. The Balaban J connectivity index is 2.02. The summed E-state index contributed by atoms with van der Waals surface area (Å²) in [6.45, 7) is 1.97. The van der Waals surface area contributed by atoms with Gasteiger partial charge in [-0.3, -0.25) is 4.79 Å². The minimum Gasteiger partial charge on any atom is -0.397 e. The number of para-hydroxylation sites is 2. The lowest BCUT2D eigenvalue weighted by molar-refractivity contribution is -0.115. The maximum Gasteiger partial charge on any atom is 0.242 e. The molecule has 1 aliphatic heterocycles. The van der Waals surface area contributed by atoms with Crippen LogP contribution in [0.1, 0.15) is 19.8 Å². The average Bonchev–Trinajstić information content (AvgIpc) is 2.92. The van der Waals surface area contributed by atoms with E-state index in [1.807, 2.05) is 0 Å². The molecule has 1 saturated heterocycles. The molecule has 0 spiro atoms. The number of ether oxygens (including phenoxy) is 1. The maximum atomic E-state index is 12.2. The smallest absolute Gasteiger partial charge is 0.242 e. The zero-order valence-electron chi connectivity index (χ0n) is 11.9. The Morgan fingerprint density at radius 1 is 1.48 bits per heavy atom. The number of sulfone groups is 1. The summed E-state index contributed by atoms with van der Waals surface area (Å²) in [5.74, 6) is -0.697. The van der Waals surface area contributed by atoms with E-state index in [1.165, 1.54) is 6.92 Å². The van der Waals surface area contributed by atoms with E-state index in [9.17, 15) is 13.2 Å². The molecule has 2 rings (SSSR count). The molecule has 1 aromatic rings. The number of amides is 1. The summed E-state index contributed by atoms with van der Waals surface area (Å²) in [5.41, 5.74) is 6.54. The van der Waals surface area contributed by atoms with Gasteiger partial charge in [-0.15, -0.1) is 0 Å². The van der Waals surface area contributed by atoms with E-state index in [2.05, 4.69) is 5.32 Å². The second-order valence-electron chi connectivity index (χ2n) is 5.18. The van der Waals surface area contributed by atoms with Gasteiger partial charge in [-0.2, -0.15) is 0 Å². The standard InChI is InChI=1S/C14H20N2O4S/c1-10(21(18,19)9-11-5-4-8-20-11)14(17)16-13-7-3-2-6-12(13)15/h2-3,6-7,10-11H,4-5,8-9,15H2,1H3,(H,16,17). The van der Waals surface area contributed by atoms with E-state index >= 15 is 0 Å². The number of nitrogen functional groups attached to an aromatic ring is 1. The van der Waals surface area contributed by atoms with Gasteiger partial charge in [0.25, 0.3) is 0 Å². The Kier molecular flexibility index (Phi) is 4.84. The zero-order valence-corrected chi connectivity index (χ0v) is 12.7. The van der Waals surface area contributed by atoms with Gasteiger partial charge in [-0.1, -0.05) is 12.1 Å². The molecule has 1 heterocycles. The molecule has 2 atom stereocenters. The molecule has 1 aromatic carbocycles. The van der Waals surface area contributed by atoms with Crippen molar-refractivity contribution in [1.29, 1.82) is 0 Å². The van der Waals surface area contributed by atoms with Gasteiger partial charge < -0.3 is 15.8 Å². The van der Waals surface area contributed by atoms with Crippen LogP contribution in [0.4, 0.5) is 11.4 Å². The van der Waals surface area contributed by atoms with Gasteiger partial charge in [0, 0.05) is 6.61 Å². The van der Waals surface area contributed by atoms with Gasteiger partial charge in [0.1, 0.15) is 5.25 Å². The largest absolute Gasteiger partial charge is 0.397 e. The molecular weight excluding hydrogens is 292 g/mol. The molecule has 116 valence electrons. The Hall–Kier alpha value is -1.60. The first kappa shape index (κ1) is 15.8. The van der Waals surface area contributed by atoms with Crippen LogP contribution in [0.15, 0.2) is 24.3 Å². The number of carbonyl (C=O) groups is 1. The number of hydrogen-bond acceptors (Lipinski definition) is 5. The SMILES string of the molecule is CC(C(=O)Nc1ccccc1N)S(=O)(=O)CC1CCCO1. The van der Waals surface area contributed by atoms with E-state index in [0.29, 0.717) is 18.0 Å². The number of benzene rings is 1. The van der Waals surface area contributed by atoms with Gasteiger partial charge in [0.15, 0.2) is 9.84 Å². The molecule has 1 fully saturated rings. The normalized spacial score (nSPS) is 20.1. The van der Waals surface area contributed by atoms with Crippen molar-refractivity contribution < 1.29 is 17.9 Å². The van der Waals surface area contributed by atoms with E-state index in [-0.39, 0.29) is 11.9 Å². The molecule has 3 N–H and O–H groups in total. The lowest BCUT2D eigenvalue weighted by atomic mass is 10.2. The minimum absolute atomic E-state index is 0.119. The zero-order chi connectivity index (χ0) is 15.5. The second kappa shape index (κ2) is 6.44. The predicted molar refractivity (Wildman–Crippen MR) is 81.7 cm³/mol. The lowest BCUT2D eigenvalue weighted by Gasteiger charge is -2.16. The van der Waals surface area contributed by atoms with Gasteiger partial charge in [-0.25, -0.2) is 8.42 Å². The Labute approximate surface area is 124 Å². The number of nitrogens with two attached hydrogens (primary N) is 1. The third kappa shape index (κ3) is 3.95. The Morgan fingerprint density at radius 3 is 2.81 bits per heavy atom. The first-order valence-corrected chi connectivity index (χ1v) is 8.60. The van der Waals surface area contributed by atoms with Gasteiger partial charge in [0.05, 0.1) is 23.2 Å². The summed E-state index contributed by atoms with van der Waals surface area (Å²) < 4.78 is 29.8. The highest BCUT2D eigenvalue weighted by Crippen LogP contribution is 2.20. The summed E-state index contributed by atoms with van der Waals surface area (Å²) >= 11 is 0. The highest BCUT2D eigenvalue weighted by molar-refractivity contribution is 7.92. The molecule has 21 heavy (non-hydrogen) atoms. The van der Waals surface area contributed by atoms with Crippen LogP contribution in [0, 0.1) is 0 Å². The van der Waals surface area contributed by atoms with Gasteiger partial charge >= 0.3 is 0 Å². The van der Waals surface area contributed by atoms with Crippen molar-refractivity contribution in [2.45, 2.75) is 31.1 Å². The summed E-state index contributed by atoms with van der Waals surface area (Å²) in [6, 6.07) is 6.73. The molecular formula is C14H20N2O4S. The molecule has 7 heteroatoms. The van der Waals surface area contributed by atoms with Gasteiger partial charge in [0.2, 0.25) is 5.91 Å². The van der Waals surface area contributed by atoms with Crippen molar-refractivity contribution in [2.24, 2.45) is 0 Å². The molecule has 0 bridgehead atoms. The van der Waals surface area contributed by atoms with Crippen molar-refractivity contribution in [2.75, 3.05) is 23.4 Å². The summed E-state index contributed by atoms with van der Waals surface area (Å²) in [4.78, 5) is 12.1. The summed E-state index contributed by atoms with van der Waals surface area (Å²) in [7, 11) is -3.55. The lowest BCUT2D eigenvalue weighted by Crippen LogP contribution is -2.37. The number of anilines is 2. The van der Waals surface area contributed by atoms with Crippen molar-refractivity contribution in [3.8, 4) is 0 Å². The average molecular weight is 312 g/mol.